The molecule has 2 aliphatic rings. The van der Waals surface area contributed by atoms with Gasteiger partial charge in [-0.05, 0) is 80.2 Å². The maximum absolute atomic E-state index is 14.1. The first-order valence-electron chi connectivity index (χ1n) is 15.1. The van der Waals surface area contributed by atoms with Crippen molar-refractivity contribution in [2.24, 2.45) is 0 Å². The number of aromatic nitrogens is 2. The Balaban J connectivity index is 1.46. The van der Waals surface area contributed by atoms with E-state index in [4.69, 9.17) is 4.74 Å². The fourth-order valence-corrected chi connectivity index (χ4v) is 6.08. The Kier molecular flexibility index (Phi) is 9.72. The number of nitrogens with zero attached hydrogens (tertiary/aromatic N) is 5. The second-order valence-corrected chi connectivity index (χ2v) is 11.3. The number of anilines is 1. The van der Waals surface area contributed by atoms with Crippen molar-refractivity contribution in [2.75, 3.05) is 38.2 Å². The van der Waals surface area contributed by atoms with E-state index in [-0.39, 0.29) is 11.8 Å². The number of methoxy groups -OCH3 is 1. The number of amides is 2. The molecule has 2 amide bonds. The number of hydrogen-bond acceptors (Lipinski definition) is 5. The molecule has 3 aromatic rings. The summed E-state index contributed by atoms with van der Waals surface area (Å²) in [5, 5.41) is 4.35. The van der Waals surface area contributed by atoms with Crippen LogP contribution in [0.1, 0.15) is 78.9 Å². The Morgan fingerprint density at radius 1 is 0.878 bits per heavy atom. The number of fused-ring (bicyclic) bond motifs is 1. The number of carbonyl (C=O) groups is 2. The summed E-state index contributed by atoms with van der Waals surface area (Å²) >= 11 is 0. The second-order valence-electron chi connectivity index (χ2n) is 11.3. The molecule has 218 valence electrons. The van der Waals surface area contributed by atoms with E-state index in [0.717, 1.165) is 79.9 Å². The molecule has 5 rings (SSSR count). The summed E-state index contributed by atoms with van der Waals surface area (Å²) in [6.45, 7) is 7.03. The van der Waals surface area contributed by atoms with E-state index in [1.165, 1.54) is 12.8 Å². The zero-order valence-electron chi connectivity index (χ0n) is 24.6. The van der Waals surface area contributed by atoms with Gasteiger partial charge in [0.05, 0.1) is 13.7 Å². The van der Waals surface area contributed by atoms with Gasteiger partial charge < -0.3 is 14.5 Å². The Bertz CT molecular complexity index is 1320. The van der Waals surface area contributed by atoms with Gasteiger partial charge in [-0.15, -0.1) is 0 Å². The SMILES string of the molecule is COc1ccc(C(=O)N2CCCCCCCN(C(C)=O)c3cc(Cn4cccn4)ccc3C2)cc1CN1CCCC1. The lowest BCUT2D eigenvalue weighted by molar-refractivity contribution is -0.116. The summed E-state index contributed by atoms with van der Waals surface area (Å²) in [7, 11) is 1.69. The van der Waals surface area contributed by atoms with Crippen LogP contribution in [0.5, 0.6) is 5.75 Å². The van der Waals surface area contributed by atoms with E-state index in [9.17, 15) is 9.59 Å². The number of hydrogen-bond donors (Lipinski definition) is 0. The lowest BCUT2D eigenvalue weighted by Gasteiger charge is -2.29. The smallest absolute Gasteiger partial charge is 0.254 e. The predicted octanol–water partition coefficient (Wildman–Crippen LogP) is 5.50. The second kappa shape index (κ2) is 13.8. The molecule has 0 unspecified atom stereocenters. The molecule has 0 radical (unpaired) electrons. The van der Waals surface area contributed by atoms with Crippen LogP contribution in [0.25, 0.3) is 0 Å². The highest BCUT2D eigenvalue weighted by molar-refractivity contribution is 5.95. The largest absolute Gasteiger partial charge is 0.496 e. The molecule has 2 aliphatic heterocycles. The molecule has 8 nitrogen and oxygen atoms in total. The summed E-state index contributed by atoms with van der Waals surface area (Å²) in [4.78, 5) is 33.3. The van der Waals surface area contributed by atoms with Gasteiger partial charge in [-0.2, -0.15) is 5.10 Å². The fourth-order valence-electron chi connectivity index (χ4n) is 6.08. The van der Waals surface area contributed by atoms with Crippen molar-refractivity contribution in [3.05, 3.63) is 77.1 Å². The zero-order valence-corrected chi connectivity index (χ0v) is 24.6. The van der Waals surface area contributed by atoms with Crippen LogP contribution in [0.3, 0.4) is 0 Å². The summed E-state index contributed by atoms with van der Waals surface area (Å²) < 4.78 is 7.55. The van der Waals surface area contributed by atoms with Crippen LogP contribution >= 0.6 is 0 Å². The van der Waals surface area contributed by atoms with Crippen molar-refractivity contribution in [2.45, 2.75) is 71.5 Å². The van der Waals surface area contributed by atoms with E-state index in [1.54, 1.807) is 20.2 Å². The minimum absolute atomic E-state index is 0.0216. The number of carbonyl (C=O) groups excluding carboxylic acids is 2. The number of rotatable bonds is 6. The van der Waals surface area contributed by atoms with E-state index < -0.39 is 0 Å². The molecule has 0 atom stereocenters. The Hall–Kier alpha value is -3.65. The standard InChI is InChI=1S/C33H43N5O3/c1-26(39)38-20-7-5-3-4-6-18-36(25-29-12-11-27(21-31(29)38)23-37-19-10-15-34-37)33(40)28-13-14-32(41-2)30(22-28)24-35-16-8-9-17-35/h10-15,19,21-22H,3-9,16-18,20,23-25H2,1-2H3. The molecule has 0 aliphatic carbocycles. The molecule has 8 heteroatoms. The molecular formula is C33H43N5O3. The first kappa shape index (κ1) is 28.9. The quantitative estimate of drug-likeness (QED) is 0.401. The average molecular weight is 558 g/mol. The van der Waals surface area contributed by atoms with E-state index in [2.05, 4.69) is 28.2 Å². The Morgan fingerprint density at radius 2 is 1.63 bits per heavy atom. The van der Waals surface area contributed by atoms with Gasteiger partial charge >= 0.3 is 0 Å². The highest BCUT2D eigenvalue weighted by Crippen LogP contribution is 2.29. The Labute approximate surface area is 243 Å². The molecule has 3 heterocycles. The molecule has 1 fully saturated rings. The molecule has 0 spiro atoms. The maximum atomic E-state index is 14.1. The van der Waals surface area contributed by atoms with Gasteiger partial charge in [-0.1, -0.05) is 31.4 Å². The van der Waals surface area contributed by atoms with Crippen molar-refractivity contribution in [3.63, 3.8) is 0 Å². The van der Waals surface area contributed by atoms with Gasteiger partial charge in [0.15, 0.2) is 0 Å². The first-order chi connectivity index (χ1) is 20.0. The summed E-state index contributed by atoms with van der Waals surface area (Å²) in [6.07, 6.45) is 11.3. The molecule has 1 aromatic heterocycles. The molecule has 0 saturated carbocycles. The van der Waals surface area contributed by atoms with Crippen molar-refractivity contribution in [1.29, 1.82) is 0 Å². The summed E-state index contributed by atoms with van der Waals surface area (Å²) in [5.74, 6) is 0.877. The van der Waals surface area contributed by atoms with Crippen molar-refractivity contribution < 1.29 is 14.3 Å². The molecule has 1 saturated heterocycles. The van der Waals surface area contributed by atoms with Crippen LogP contribution < -0.4 is 9.64 Å². The third-order valence-corrected chi connectivity index (χ3v) is 8.30. The minimum atomic E-state index is 0.0216. The summed E-state index contributed by atoms with van der Waals surface area (Å²) in [6, 6.07) is 14.0. The lowest BCUT2D eigenvalue weighted by Crippen LogP contribution is -2.35. The molecule has 2 aromatic carbocycles. The van der Waals surface area contributed by atoms with Crippen LogP contribution in [0, 0.1) is 0 Å². The number of ether oxygens (including phenoxy) is 1. The predicted molar refractivity (Wildman–Crippen MR) is 161 cm³/mol. The van der Waals surface area contributed by atoms with Gasteiger partial charge in [-0.25, -0.2) is 0 Å². The first-order valence-corrected chi connectivity index (χ1v) is 15.1. The van der Waals surface area contributed by atoms with Crippen molar-refractivity contribution in [1.82, 2.24) is 19.6 Å². The van der Waals surface area contributed by atoms with Crippen LogP contribution in [0.15, 0.2) is 54.9 Å². The van der Waals surface area contributed by atoms with Crippen LogP contribution in [0.2, 0.25) is 0 Å². The maximum Gasteiger partial charge on any atom is 0.254 e. The monoisotopic (exact) mass is 557 g/mol. The zero-order chi connectivity index (χ0) is 28.6. The highest BCUT2D eigenvalue weighted by atomic mass is 16.5. The van der Waals surface area contributed by atoms with Gasteiger partial charge in [0, 0.05) is 62.3 Å². The van der Waals surface area contributed by atoms with Crippen LogP contribution in [-0.2, 0) is 24.4 Å². The lowest BCUT2D eigenvalue weighted by atomic mass is 10.0. The fraction of sp³-hybridized carbons (Fsp3) is 0.485. The molecular weight excluding hydrogens is 514 g/mol. The number of benzene rings is 2. The van der Waals surface area contributed by atoms with Crippen LogP contribution in [0.4, 0.5) is 5.69 Å². The molecule has 0 bridgehead atoms. The Morgan fingerprint density at radius 3 is 2.37 bits per heavy atom. The third kappa shape index (κ3) is 7.36. The highest BCUT2D eigenvalue weighted by Gasteiger charge is 2.23. The van der Waals surface area contributed by atoms with Crippen molar-refractivity contribution in [3.8, 4) is 5.75 Å². The third-order valence-electron chi connectivity index (χ3n) is 8.30. The molecule has 41 heavy (non-hydrogen) atoms. The van der Waals surface area contributed by atoms with Gasteiger partial charge in [0.1, 0.15) is 5.75 Å². The van der Waals surface area contributed by atoms with E-state index in [1.807, 2.05) is 44.9 Å². The average Bonchev–Trinajstić information content (AvgIpc) is 3.68. The number of likely N-dealkylation sites (tertiary alicyclic amines) is 1. The van der Waals surface area contributed by atoms with E-state index >= 15 is 0 Å². The van der Waals surface area contributed by atoms with Crippen molar-refractivity contribution >= 4 is 17.5 Å². The van der Waals surface area contributed by atoms with E-state index in [0.29, 0.717) is 31.7 Å². The summed E-state index contributed by atoms with van der Waals surface area (Å²) in [5.41, 5.74) is 4.70. The minimum Gasteiger partial charge on any atom is -0.496 e. The van der Waals surface area contributed by atoms with Crippen LogP contribution in [-0.4, -0.2) is 64.7 Å². The van der Waals surface area contributed by atoms with Gasteiger partial charge in [0.25, 0.3) is 5.91 Å². The normalized spacial score (nSPS) is 17.0. The van der Waals surface area contributed by atoms with Gasteiger partial charge in [0.2, 0.25) is 5.91 Å². The molecule has 0 N–H and O–H groups in total. The van der Waals surface area contributed by atoms with Gasteiger partial charge in [-0.3, -0.25) is 19.2 Å². The topological polar surface area (TPSA) is 70.9 Å².